The summed E-state index contributed by atoms with van der Waals surface area (Å²) in [6.45, 7) is 4.05. The van der Waals surface area contributed by atoms with Crippen LogP contribution in [0.15, 0.2) is 94.4 Å². The van der Waals surface area contributed by atoms with Crippen molar-refractivity contribution >= 4 is 44.8 Å². The molecule has 0 radical (unpaired) electrons. The van der Waals surface area contributed by atoms with E-state index in [9.17, 15) is 13.2 Å². The number of furan rings is 1. The second-order valence-corrected chi connectivity index (χ2v) is 12.1. The summed E-state index contributed by atoms with van der Waals surface area (Å²) in [7, 11) is -4.07. The predicted octanol–water partition coefficient (Wildman–Crippen LogP) is 6.15. The van der Waals surface area contributed by atoms with Crippen LogP contribution in [0.5, 0.6) is 11.5 Å². The number of carbonyl (C=O) groups is 1. The summed E-state index contributed by atoms with van der Waals surface area (Å²) in [4.78, 5) is 17.7. The Kier molecular flexibility index (Phi) is 9.71. The van der Waals surface area contributed by atoms with Crippen molar-refractivity contribution in [3.63, 3.8) is 0 Å². The minimum Gasteiger partial charge on any atom is -0.467 e. The summed E-state index contributed by atoms with van der Waals surface area (Å²) < 4.78 is 46.0. The van der Waals surface area contributed by atoms with Gasteiger partial charge in [-0.25, -0.2) is 8.42 Å². The molecule has 1 aromatic heterocycles. The molecule has 0 atom stereocenters. The minimum atomic E-state index is -4.07. The molecule has 4 aromatic rings. The van der Waals surface area contributed by atoms with Gasteiger partial charge in [-0.1, -0.05) is 35.3 Å². The van der Waals surface area contributed by atoms with E-state index in [4.69, 9.17) is 37.1 Å². The van der Waals surface area contributed by atoms with Crippen LogP contribution in [0.2, 0.25) is 10.0 Å². The van der Waals surface area contributed by atoms with E-state index in [0.29, 0.717) is 53.6 Å². The molecule has 0 bridgehead atoms. The van der Waals surface area contributed by atoms with Crippen LogP contribution in [0, 0.1) is 0 Å². The molecule has 1 saturated heterocycles. The Morgan fingerprint density at radius 3 is 2.45 bits per heavy atom. The normalized spacial score (nSPS) is 14.0. The number of hydrogen-bond acceptors (Lipinski definition) is 7. The van der Waals surface area contributed by atoms with Gasteiger partial charge in [-0.2, -0.15) is 0 Å². The zero-order valence-electron chi connectivity index (χ0n) is 22.5. The molecule has 0 spiro atoms. The van der Waals surface area contributed by atoms with Crippen molar-refractivity contribution in [1.29, 1.82) is 0 Å². The Hall–Kier alpha value is -3.54. The van der Waals surface area contributed by atoms with Crippen molar-refractivity contribution in [2.24, 2.45) is 0 Å². The number of amides is 1. The van der Waals surface area contributed by atoms with E-state index in [1.54, 1.807) is 47.6 Å². The van der Waals surface area contributed by atoms with E-state index >= 15 is 0 Å². The molecule has 9 nitrogen and oxygen atoms in total. The summed E-state index contributed by atoms with van der Waals surface area (Å²) in [5, 5.41) is 0.732. The molecule has 5 rings (SSSR count). The molecule has 1 aliphatic rings. The van der Waals surface area contributed by atoms with Gasteiger partial charge in [-0.15, -0.1) is 0 Å². The summed E-state index contributed by atoms with van der Waals surface area (Å²) in [6.07, 6.45) is 1.55. The number of halogens is 2. The van der Waals surface area contributed by atoms with E-state index in [0.717, 1.165) is 13.1 Å². The number of anilines is 1. The van der Waals surface area contributed by atoms with Crippen molar-refractivity contribution in [3.8, 4) is 11.5 Å². The maximum atomic E-state index is 13.9. The number of sulfonamides is 1. The minimum absolute atomic E-state index is 0.0119. The maximum Gasteiger partial charge on any atom is 0.261 e. The number of ether oxygens (including phenoxy) is 2. The largest absolute Gasteiger partial charge is 0.467 e. The van der Waals surface area contributed by atoms with Gasteiger partial charge in [0.25, 0.3) is 15.9 Å². The van der Waals surface area contributed by atoms with Crippen LogP contribution >= 0.6 is 23.2 Å². The van der Waals surface area contributed by atoms with Crippen LogP contribution < -0.4 is 9.46 Å². The topological polar surface area (TPSA) is 101 Å². The van der Waals surface area contributed by atoms with Crippen LogP contribution in [0.3, 0.4) is 0 Å². The molecule has 2 heterocycles. The highest BCUT2D eigenvalue weighted by molar-refractivity contribution is 7.92. The molecule has 0 saturated carbocycles. The van der Waals surface area contributed by atoms with Gasteiger partial charge in [0.1, 0.15) is 17.3 Å². The lowest BCUT2D eigenvalue weighted by Gasteiger charge is -2.30. The molecular formula is C30H29Cl2N3O6S. The first kappa shape index (κ1) is 29.9. The highest BCUT2D eigenvalue weighted by Crippen LogP contribution is 2.30. The second kappa shape index (κ2) is 13.6. The van der Waals surface area contributed by atoms with Crippen molar-refractivity contribution in [3.05, 3.63) is 106 Å². The lowest BCUT2D eigenvalue weighted by molar-refractivity contribution is 0.0316. The van der Waals surface area contributed by atoms with Gasteiger partial charge in [0.2, 0.25) is 0 Å². The molecule has 0 aliphatic carbocycles. The number of benzene rings is 3. The fraction of sp³-hybridized carbons (Fsp3) is 0.233. The van der Waals surface area contributed by atoms with Crippen molar-refractivity contribution in [1.82, 2.24) is 9.80 Å². The van der Waals surface area contributed by atoms with Gasteiger partial charge < -0.3 is 18.8 Å². The van der Waals surface area contributed by atoms with Gasteiger partial charge in [0, 0.05) is 31.2 Å². The fourth-order valence-corrected chi connectivity index (χ4v) is 5.85. The van der Waals surface area contributed by atoms with Crippen molar-refractivity contribution < 1.29 is 27.1 Å². The number of carbonyl (C=O) groups excluding carboxylic acids is 1. The Morgan fingerprint density at radius 1 is 0.976 bits per heavy atom. The van der Waals surface area contributed by atoms with Crippen LogP contribution in [-0.4, -0.2) is 63.5 Å². The Balaban J connectivity index is 1.35. The molecule has 220 valence electrons. The predicted molar refractivity (Wildman–Crippen MR) is 161 cm³/mol. The van der Waals surface area contributed by atoms with Gasteiger partial charge in [0.15, 0.2) is 0 Å². The molecule has 1 amide bonds. The molecule has 1 aliphatic heterocycles. The SMILES string of the molecule is O=C(c1cc(Cl)ccc1NS(=O)(=O)c1ccc(Oc2ccccc2Cl)cc1)N(CCN1CCOCC1)Cc1ccco1. The molecular weight excluding hydrogens is 601 g/mol. The third-order valence-corrected chi connectivity index (χ3v) is 8.59. The summed E-state index contributed by atoms with van der Waals surface area (Å²) >= 11 is 12.4. The van der Waals surface area contributed by atoms with E-state index in [1.165, 1.54) is 42.5 Å². The van der Waals surface area contributed by atoms with Crippen LogP contribution in [0.25, 0.3) is 0 Å². The number of morpholine rings is 1. The van der Waals surface area contributed by atoms with Crippen LogP contribution in [-0.2, 0) is 21.3 Å². The van der Waals surface area contributed by atoms with E-state index < -0.39 is 10.0 Å². The van der Waals surface area contributed by atoms with E-state index in [1.807, 2.05) is 0 Å². The average Bonchev–Trinajstić information content (AvgIpc) is 3.51. The quantitative estimate of drug-likeness (QED) is 0.212. The first-order chi connectivity index (χ1) is 20.3. The fourth-order valence-electron chi connectivity index (χ4n) is 4.43. The molecule has 3 aromatic carbocycles. The maximum absolute atomic E-state index is 13.9. The number of hydrogen-bond donors (Lipinski definition) is 1. The lowest BCUT2D eigenvalue weighted by Crippen LogP contribution is -2.43. The summed E-state index contributed by atoms with van der Waals surface area (Å²) in [5.74, 6) is 1.08. The first-order valence-electron chi connectivity index (χ1n) is 13.2. The molecule has 12 heteroatoms. The average molecular weight is 631 g/mol. The molecule has 0 unspecified atom stereocenters. The van der Waals surface area contributed by atoms with Gasteiger partial charge in [-0.05, 0) is 66.7 Å². The van der Waals surface area contributed by atoms with Gasteiger partial charge in [-0.3, -0.25) is 14.4 Å². The van der Waals surface area contributed by atoms with E-state index in [-0.39, 0.29) is 28.6 Å². The molecule has 1 N–H and O–H groups in total. The highest BCUT2D eigenvalue weighted by Gasteiger charge is 2.25. The van der Waals surface area contributed by atoms with Crippen molar-refractivity contribution in [2.75, 3.05) is 44.1 Å². The highest BCUT2D eigenvalue weighted by atomic mass is 35.5. The number of nitrogens with one attached hydrogen (secondary N) is 1. The Labute approximate surface area is 254 Å². The molecule has 42 heavy (non-hydrogen) atoms. The first-order valence-corrected chi connectivity index (χ1v) is 15.5. The number of para-hydroxylation sites is 1. The smallest absolute Gasteiger partial charge is 0.261 e. The zero-order chi connectivity index (χ0) is 29.5. The van der Waals surface area contributed by atoms with Crippen molar-refractivity contribution in [2.45, 2.75) is 11.4 Å². The Morgan fingerprint density at radius 2 is 1.74 bits per heavy atom. The van der Waals surface area contributed by atoms with Gasteiger partial charge >= 0.3 is 0 Å². The lowest BCUT2D eigenvalue weighted by atomic mass is 10.1. The Bertz CT molecular complexity index is 1610. The zero-order valence-corrected chi connectivity index (χ0v) is 24.9. The monoisotopic (exact) mass is 629 g/mol. The van der Waals surface area contributed by atoms with Crippen LogP contribution in [0.4, 0.5) is 5.69 Å². The third kappa shape index (κ3) is 7.64. The van der Waals surface area contributed by atoms with Gasteiger partial charge in [0.05, 0.1) is 47.2 Å². The second-order valence-electron chi connectivity index (χ2n) is 9.56. The summed E-state index contributed by atoms with van der Waals surface area (Å²) in [6, 6.07) is 20.9. The van der Waals surface area contributed by atoms with Crippen LogP contribution in [0.1, 0.15) is 16.1 Å². The van der Waals surface area contributed by atoms with E-state index in [2.05, 4.69) is 9.62 Å². The standard InChI is InChI=1S/C30H29Cl2N3O6S/c31-22-7-12-28(33-42(37,38)25-10-8-23(9-11-25)41-29-6-2-1-5-27(29)32)26(20-22)30(36)35(21-24-4-3-17-40-24)14-13-34-15-18-39-19-16-34/h1-12,17,20,33H,13-16,18-19,21H2. The number of nitrogens with zero attached hydrogens (tertiary/aromatic N) is 2. The third-order valence-electron chi connectivity index (χ3n) is 6.66. The number of rotatable bonds is 11. The summed E-state index contributed by atoms with van der Waals surface area (Å²) in [5.41, 5.74) is 0.231. The molecule has 1 fully saturated rings.